The highest BCUT2D eigenvalue weighted by Gasteiger charge is 2.32. The predicted molar refractivity (Wildman–Crippen MR) is 71.1 cm³/mol. The van der Waals surface area contributed by atoms with Crippen molar-refractivity contribution in [2.45, 2.75) is 25.4 Å². The summed E-state index contributed by atoms with van der Waals surface area (Å²) in [5.41, 5.74) is 4.38. The molecule has 3 N–H and O–H groups in total. The Bertz CT molecular complexity index is 558. The van der Waals surface area contributed by atoms with E-state index in [-0.39, 0.29) is 23.6 Å². The number of aliphatic hydroxyl groups is 1. The van der Waals surface area contributed by atoms with Gasteiger partial charge in [0, 0.05) is 19.2 Å². The van der Waals surface area contributed by atoms with E-state index in [1.165, 1.54) is 4.90 Å². The van der Waals surface area contributed by atoms with Gasteiger partial charge in [-0.1, -0.05) is 0 Å². The lowest BCUT2D eigenvalue weighted by Crippen LogP contribution is -2.48. The molecule has 1 fully saturated rings. The van der Waals surface area contributed by atoms with E-state index in [4.69, 9.17) is 5.73 Å². The monoisotopic (exact) mass is 280 g/mol. The van der Waals surface area contributed by atoms with Crippen LogP contribution in [0.25, 0.3) is 0 Å². The highest BCUT2D eigenvalue weighted by atomic mass is 16.6. The molecular formula is C12H16N4O4. The van der Waals surface area contributed by atoms with E-state index in [0.29, 0.717) is 19.4 Å². The minimum Gasteiger partial charge on any atom is -0.388 e. The molecule has 2 heterocycles. The number of nitrogens with zero attached hydrogens (tertiary/aromatic N) is 3. The standard InChI is InChI=1S/C12H16N4O4/c1-12(18)3-2-4-15(7-12)11(17)9-5-8(16(19)20)6-14-10(9)13/h5-6,18H,2-4,7H2,1H3,(H2,13,14). The van der Waals surface area contributed by atoms with Crippen LogP contribution in [0.2, 0.25) is 0 Å². The molecule has 0 saturated carbocycles. The molecule has 1 aliphatic heterocycles. The first kappa shape index (κ1) is 14.2. The van der Waals surface area contributed by atoms with Crippen molar-refractivity contribution >= 4 is 17.4 Å². The van der Waals surface area contributed by atoms with Gasteiger partial charge in [-0.25, -0.2) is 4.98 Å². The van der Waals surface area contributed by atoms with Crippen molar-refractivity contribution < 1.29 is 14.8 Å². The third-order valence-electron chi connectivity index (χ3n) is 3.31. The molecule has 1 aromatic heterocycles. The Balaban J connectivity index is 2.29. The van der Waals surface area contributed by atoms with Crippen LogP contribution in [0.15, 0.2) is 12.3 Å². The number of carbonyl (C=O) groups excluding carboxylic acids is 1. The number of hydrogen-bond acceptors (Lipinski definition) is 6. The first-order valence-corrected chi connectivity index (χ1v) is 6.22. The largest absolute Gasteiger partial charge is 0.388 e. The Morgan fingerprint density at radius 2 is 2.35 bits per heavy atom. The number of rotatable bonds is 2. The summed E-state index contributed by atoms with van der Waals surface area (Å²) in [7, 11) is 0. The molecule has 108 valence electrons. The SMILES string of the molecule is CC1(O)CCCN(C(=O)c2cc([N+](=O)[O-])cnc2N)C1. The molecule has 1 amide bonds. The van der Waals surface area contributed by atoms with E-state index >= 15 is 0 Å². The Hall–Kier alpha value is -2.22. The van der Waals surface area contributed by atoms with Crippen molar-refractivity contribution in [3.63, 3.8) is 0 Å². The summed E-state index contributed by atoms with van der Waals surface area (Å²) in [6.45, 7) is 2.31. The number of aromatic nitrogens is 1. The number of carbonyl (C=O) groups is 1. The van der Waals surface area contributed by atoms with Crippen LogP contribution in [0.4, 0.5) is 11.5 Å². The zero-order valence-corrected chi connectivity index (χ0v) is 11.1. The number of anilines is 1. The van der Waals surface area contributed by atoms with Crippen molar-refractivity contribution in [2.24, 2.45) is 0 Å². The lowest BCUT2D eigenvalue weighted by molar-refractivity contribution is -0.385. The summed E-state index contributed by atoms with van der Waals surface area (Å²) in [6, 6.07) is 1.12. The van der Waals surface area contributed by atoms with E-state index in [0.717, 1.165) is 12.3 Å². The number of piperidine rings is 1. The number of amides is 1. The quantitative estimate of drug-likeness (QED) is 0.602. The fourth-order valence-electron chi connectivity index (χ4n) is 2.30. The highest BCUT2D eigenvalue weighted by Crippen LogP contribution is 2.24. The molecule has 0 aliphatic carbocycles. The van der Waals surface area contributed by atoms with Crippen molar-refractivity contribution in [1.82, 2.24) is 9.88 Å². The fourth-order valence-corrected chi connectivity index (χ4v) is 2.30. The average molecular weight is 280 g/mol. The summed E-state index contributed by atoms with van der Waals surface area (Å²) in [6.07, 6.45) is 2.29. The van der Waals surface area contributed by atoms with E-state index in [2.05, 4.69) is 4.98 Å². The van der Waals surface area contributed by atoms with Gasteiger partial charge in [-0.3, -0.25) is 14.9 Å². The van der Waals surface area contributed by atoms with Gasteiger partial charge in [-0.2, -0.15) is 0 Å². The number of hydrogen-bond donors (Lipinski definition) is 2. The van der Waals surface area contributed by atoms with E-state index in [9.17, 15) is 20.0 Å². The smallest absolute Gasteiger partial charge is 0.288 e. The molecule has 1 saturated heterocycles. The molecule has 0 bridgehead atoms. The average Bonchev–Trinajstić information content (AvgIpc) is 2.37. The van der Waals surface area contributed by atoms with Gasteiger partial charge >= 0.3 is 0 Å². The number of pyridine rings is 1. The summed E-state index contributed by atoms with van der Waals surface area (Å²) in [5, 5.41) is 20.7. The van der Waals surface area contributed by atoms with Gasteiger partial charge in [0.15, 0.2) is 0 Å². The molecule has 0 aromatic carbocycles. The van der Waals surface area contributed by atoms with Gasteiger partial charge in [0.1, 0.15) is 12.0 Å². The third-order valence-corrected chi connectivity index (χ3v) is 3.31. The number of nitrogens with two attached hydrogens (primary N) is 1. The molecule has 8 nitrogen and oxygen atoms in total. The van der Waals surface area contributed by atoms with Gasteiger partial charge in [0.05, 0.1) is 16.1 Å². The van der Waals surface area contributed by atoms with Crippen molar-refractivity contribution in [2.75, 3.05) is 18.8 Å². The first-order chi connectivity index (χ1) is 9.30. The molecule has 0 spiro atoms. The Kier molecular flexibility index (Phi) is 3.58. The van der Waals surface area contributed by atoms with Crippen LogP contribution >= 0.6 is 0 Å². The van der Waals surface area contributed by atoms with Gasteiger partial charge in [-0.15, -0.1) is 0 Å². The van der Waals surface area contributed by atoms with Crippen LogP contribution in [-0.2, 0) is 0 Å². The van der Waals surface area contributed by atoms with Crippen LogP contribution in [0, 0.1) is 10.1 Å². The van der Waals surface area contributed by atoms with Crippen molar-refractivity contribution in [3.8, 4) is 0 Å². The molecule has 1 atom stereocenters. The lowest BCUT2D eigenvalue weighted by Gasteiger charge is -2.36. The fraction of sp³-hybridized carbons (Fsp3) is 0.500. The molecule has 2 rings (SSSR count). The zero-order chi connectivity index (χ0) is 14.9. The van der Waals surface area contributed by atoms with Crippen molar-refractivity contribution in [3.05, 3.63) is 27.9 Å². The van der Waals surface area contributed by atoms with Crippen LogP contribution in [-0.4, -0.2) is 44.5 Å². The Morgan fingerprint density at radius 1 is 1.65 bits per heavy atom. The number of β-amino-alcohol motifs (C(OH)–C–C–N with tert-alkyl or cyclic N) is 1. The molecule has 8 heteroatoms. The lowest BCUT2D eigenvalue weighted by atomic mass is 9.94. The molecule has 1 unspecified atom stereocenters. The van der Waals surface area contributed by atoms with Crippen LogP contribution in [0.3, 0.4) is 0 Å². The van der Waals surface area contributed by atoms with Crippen LogP contribution in [0.5, 0.6) is 0 Å². The maximum absolute atomic E-state index is 12.4. The van der Waals surface area contributed by atoms with Gasteiger partial charge in [0.25, 0.3) is 11.6 Å². The van der Waals surface area contributed by atoms with Crippen LogP contribution < -0.4 is 5.73 Å². The van der Waals surface area contributed by atoms with E-state index in [1.807, 2.05) is 0 Å². The topological polar surface area (TPSA) is 123 Å². The van der Waals surface area contributed by atoms with Crippen LogP contribution in [0.1, 0.15) is 30.1 Å². The van der Waals surface area contributed by atoms with Gasteiger partial charge < -0.3 is 15.7 Å². The van der Waals surface area contributed by atoms with Gasteiger partial charge in [-0.05, 0) is 19.8 Å². The minimum absolute atomic E-state index is 0.00287. The summed E-state index contributed by atoms with van der Waals surface area (Å²) < 4.78 is 0. The maximum Gasteiger partial charge on any atom is 0.288 e. The number of nitro groups is 1. The predicted octanol–water partition coefficient (Wildman–Crippen LogP) is 0.559. The molecule has 1 aromatic rings. The van der Waals surface area contributed by atoms with Gasteiger partial charge in [0.2, 0.25) is 0 Å². The summed E-state index contributed by atoms with van der Waals surface area (Å²) in [4.78, 5) is 27.6. The first-order valence-electron chi connectivity index (χ1n) is 6.22. The molecule has 1 aliphatic rings. The number of likely N-dealkylation sites (tertiary alicyclic amines) is 1. The zero-order valence-electron chi connectivity index (χ0n) is 11.1. The second-order valence-electron chi connectivity index (χ2n) is 5.21. The molecule has 0 radical (unpaired) electrons. The maximum atomic E-state index is 12.4. The number of nitrogen functional groups attached to an aromatic ring is 1. The van der Waals surface area contributed by atoms with E-state index in [1.54, 1.807) is 6.92 Å². The summed E-state index contributed by atoms with van der Waals surface area (Å²) >= 11 is 0. The second kappa shape index (κ2) is 5.04. The second-order valence-corrected chi connectivity index (χ2v) is 5.21. The highest BCUT2D eigenvalue weighted by molar-refractivity contribution is 5.99. The molecule has 20 heavy (non-hydrogen) atoms. The Labute approximate surface area is 115 Å². The van der Waals surface area contributed by atoms with Crippen molar-refractivity contribution in [1.29, 1.82) is 0 Å². The summed E-state index contributed by atoms with van der Waals surface area (Å²) in [5.74, 6) is -0.496. The normalized spacial score (nSPS) is 22.6. The van der Waals surface area contributed by atoms with E-state index < -0.39 is 16.4 Å². The third kappa shape index (κ3) is 2.85. The Morgan fingerprint density at radius 3 is 2.95 bits per heavy atom. The minimum atomic E-state index is -0.948. The molecular weight excluding hydrogens is 264 g/mol.